The highest BCUT2D eigenvalue weighted by Crippen LogP contribution is 2.30. The Morgan fingerprint density at radius 2 is 2.03 bits per heavy atom. The number of hydrogen-bond acceptors (Lipinski definition) is 6. The van der Waals surface area contributed by atoms with Gasteiger partial charge in [0.05, 0.1) is 17.6 Å². The second kappa shape index (κ2) is 8.95. The van der Waals surface area contributed by atoms with Crippen LogP contribution in [-0.2, 0) is 23.0 Å². The maximum Gasteiger partial charge on any atom is 0.411 e. The number of para-hydroxylation sites is 2. The maximum absolute atomic E-state index is 12.5. The molecule has 1 aliphatic rings. The van der Waals surface area contributed by atoms with Crippen molar-refractivity contribution >= 4 is 28.7 Å². The molecule has 0 aliphatic carbocycles. The number of aryl methyl sites for hydroxylation is 1. The standard InChI is InChI=1S/C22H24N4O5/c1-3-29-22(28)24-14-8-9-16-15(12-14)25-20(26(16)2)10-11-23-21(27)19-13-30-17-6-4-5-7-18(17)31-19/h4-9,12,19H,3,10-11,13H2,1-2H3,(H,23,27)(H,24,28)/t19-/m1/s1. The predicted octanol–water partition coefficient (Wildman–Crippen LogP) is 2.64. The first-order chi connectivity index (χ1) is 15.0. The number of aromatic nitrogens is 2. The fourth-order valence-corrected chi connectivity index (χ4v) is 3.40. The van der Waals surface area contributed by atoms with Crippen molar-refractivity contribution in [2.24, 2.45) is 7.05 Å². The SMILES string of the molecule is CCOC(=O)Nc1ccc2c(c1)nc(CCNC(=O)[C@H]1COc3ccccc3O1)n2C. The van der Waals surface area contributed by atoms with Crippen molar-refractivity contribution in [3.8, 4) is 11.5 Å². The summed E-state index contributed by atoms with van der Waals surface area (Å²) >= 11 is 0. The number of nitrogens with zero attached hydrogens (tertiary/aromatic N) is 2. The summed E-state index contributed by atoms with van der Waals surface area (Å²) in [6, 6.07) is 12.7. The number of amides is 2. The summed E-state index contributed by atoms with van der Waals surface area (Å²) in [5.74, 6) is 1.79. The lowest BCUT2D eigenvalue weighted by Gasteiger charge is -2.25. The third kappa shape index (κ3) is 4.55. The highest BCUT2D eigenvalue weighted by atomic mass is 16.6. The van der Waals surface area contributed by atoms with E-state index in [2.05, 4.69) is 15.6 Å². The van der Waals surface area contributed by atoms with Gasteiger partial charge in [0.15, 0.2) is 11.5 Å². The number of carbonyl (C=O) groups is 2. The van der Waals surface area contributed by atoms with Crippen LogP contribution in [-0.4, -0.2) is 47.4 Å². The number of nitrogens with one attached hydrogen (secondary N) is 2. The number of imidazole rings is 1. The van der Waals surface area contributed by atoms with Gasteiger partial charge in [0.1, 0.15) is 12.4 Å². The summed E-state index contributed by atoms with van der Waals surface area (Å²) in [7, 11) is 1.92. The molecule has 9 heteroatoms. The topological polar surface area (TPSA) is 104 Å². The Hall–Kier alpha value is -3.75. The fraction of sp³-hybridized carbons (Fsp3) is 0.318. The maximum atomic E-state index is 12.5. The van der Waals surface area contributed by atoms with Gasteiger partial charge in [-0.2, -0.15) is 0 Å². The molecule has 1 aliphatic heterocycles. The summed E-state index contributed by atoms with van der Waals surface area (Å²) < 4.78 is 18.2. The van der Waals surface area contributed by atoms with Crippen LogP contribution < -0.4 is 20.1 Å². The summed E-state index contributed by atoms with van der Waals surface area (Å²) in [6.07, 6.45) is -0.647. The van der Waals surface area contributed by atoms with Crippen LogP contribution in [0.1, 0.15) is 12.7 Å². The Kier molecular flexibility index (Phi) is 5.92. The van der Waals surface area contributed by atoms with E-state index in [4.69, 9.17) is 14.2 Å². The third-order valence-electron chi connectivity index (χ3n) is 4.94. The zero-order chi connectivity index (χ0) is 21.8. The molecule has 0 fully saturated rings. The van der Waals surface area contributed by atoms with Crippen molar-refractivity contribution in [2.75, 3.05) is 25.1 Å². The van der Waals surface area contributed by atoms with Crippen molar-refractivity contribution in [1.29, 1.82) is 0 Å². The van der Waals surface area contributed by atoms with E-state index in [0.717, 1.165) is 16.9 Å². The fourth-order valence-electron chi connectivity index (χ4n) is 3.40. The Morgan fingerprint density at radius 1 is 1.23 bits per heavy atom. The zero-order valence-corrected chi connectivity index (χ0v) is 17.4. The average Bonchev–Trinajstić information content (AvgIpc) is 3.08. The van der Waals surface area contributed by atoms with Crippen molar-refractivity contribution in [3.63, 3.8) is 0 Å². The lowest BCUT2D eigenvalue weighted by molar-refractivity contribution is -0.130. The molecule has 1 aromatic heterocycles. The molecule has 2 heterocycles. The summed E-state index contributed by atoms with van der Waals surface area (Å²) in [4.78, 5) is 28.7. The van der Waals surface area contributed by atoms with Crippen molar-refractivity contribution in [2.45, 2.75) is 19.4 Å². The number of anilines is 1. The minimum atomic E-state index is -0.688. The van der Waals surface area contributed by atoms with Crippen molar-refractivity contribution in [3.05, 3.63) is 48.3 Å². The molecule has 0 radical (unpaired) electrons. The van der Waals surface area contributed by atoms with E-state index in [1.54, 1.807) is 25.1 Å². The normalized spacial score (nSPS) is 14.8. The van der Waals surface area contributed by atoms with E-state index in [-0.39, 0.29) is 12.5 Å². The first-order valence-electron chi connectivity index (χ1n) is 10.1. The lowest BCUT2D eigenvalue weighted by Crippen LogP contribution is -2.44. The highest BCUT2D eigenvalue weighted by molar-refractivity contribution is 5.89. The number of fused-ring (bicyclic) bond motifs is 2. The molecule has 0 bridgehead atoms. The van der Waals surface area contributed by atoms with Crippen LogP contribution in [0.2, 0.25) is 0 Å². The molecule has 0 saturated heterocycles. The number of hydrogen-bond donors (Lipinski definition) is 2. The van der Waals surface area contributed by atoms with Gasteiger partial charge in [-0.3, -0.25) is 10.1 Å². The molecule has 9 nitrogen and oxygen atoms in total. The van der Waals surface area contributed by atoms with Gasteiger partial charge in [-0.25, -0.2) is 9.78 Å². The van der Waals surface area contributed by atoms with Crippen LogP contribution in [0.5, 0.6) is 11.5 Å². The molecule has 2 amide bonds. The quantitative estimate of drug-likeness (QED) is 0.631. The summed E-state index contributed by atoms with van der Waals surface area (Å²) in [5, 5.41) is 5.56. The summed E-state index contributed by atoms with van der Waals surface area (Å²) in [6.45, 7) is 2.63. The largest absolute Gasteiger partial charge is 0.485 e. The molecule has 0 unspecified atom stereocenters. The van der Waals surface area contributed by atoms with Gasteiger partial charge in [0, 0.05) is 25.7 Å². The monoisotopic (exact) mass is 424 g/mol. The second-order valence-corrected chi connectivity index (χ2v) is 7.04. The molecule has 4 rings (SSSR count). The molecule has 1 atom stereocenters. The molecule has 0 saturated carbocycles. The number of rotatable bonds is 6. The average molecular weight is 424 g/mol. The number of ether oxygens (including phenoxy) is 3. The molecule has 162 valence electrons. The van der Waals surface area contributed by atoms with Crippen LogP contribution >= 0.6 is 0 Å². The lowest BCUT2D eigenvalue weighted by atomic mass is 10.2. The van der Waals surface area contributed by atoms with Crippen LogP contribution in [0.15, 0.2) is 42.5 Å². The minimum absolute atomic E-state index is 0.172. The van der Waals surface area contributed by atoms with Gasteiger partial charge in [-0.05, 0) is 37.3 Å². The third-order valence-corrected chi connectivity index (χ3v) is 4.94. The van der Waals surface area contributed by atoms with Crippen LogP contribution in [0.25, 0.3) is 11.0 Å². The number of carbonyl (C=O) groups excluding carboxylic acids is 2. The van der Waals surface area contributed by atoms with Gasteiger partial charge >= 0.3 is 6.09 Å². The molecular weight excluding hydrogens is 400 g/mol. The van der Waals surface area contributed by atoms with E-state index >= 15 is 0 Å². The first kappa shape index (κ1) is 20.5. The van der Waals surface area contributed by atoms with Gasteiger partial charge in [-0.15, -0.1) is 0 Å². The van der Waals surface area contributed by atoms with E-state index in [9.17, 15) is 9.59 Å². The first-order valence-corrected chi connectivity index (χ1v) is 10.1. The van der Waals surface area contributed by atoms with Gasteiger partial charge in [0.25, 0.3) is 5.91 Å². The molecule has 2 N–H and O–H groups in total. The Bertz CT molecular complexity index is 1110. The van der Waals surface area contributed by atoms with E-state index in [1.165, 1.54) is 0 Å². The predicted molar refractivity (Wildman–Crippen MR) is 114 cm³/mol. The van der Waals surface area contributed by atoms with Gasteiger partial charge in [0.2, 0.25) is 6.10 Å². The molecule has 0 spiro atoms. The Morgan fingerprint density at radius 3 is 2.84 bits per heavy atom. The van der Waals surface area contributed by atoms with E-state index in [1.807, 2.05) is 35.9 Å². The molecule has 31 heavy (non-hydrogen) atoms. The molecule has 3 aromatic rings. The Labute approximate surface area is 179 Å². The van der Waals surface area contributed by atoms with Crippen LogP contribution in [0.3, 0.4) is 0 Å². The van der Waals surface area contributed by atoms with E-state index < -0.39 is 12.2 Å². The highest BCUT2D eigenvalue weighted by Gasteiger charge is 2.27. The van der Waals surface area contributed by atoms with Crippen molar-refractivity contribution in [1.82, 2.24) is 14.9 Å². The van der Waals surface area contributed by atoms with E-state index in [0.29, 0.717) is 36.8 Å². The molecular formula is C22H24N4O5. The van der Waals surface area contributed by atoms with Gasteiger partial charge in [-0.1, -0.05) is 12.1 Å². The summed E-state index contributed by atoms with van der Waals surface area (Å²) in [5.41, 5.74) is 2.29. The Balaban J connectivity index is 1.35. The molecule has 2 aromatic carbocycles. The minimum Gasteiger partial charge on any atom is -0.485 e. The second-order valence-electron chi connectivity index (χ2n) is 7.04. The van der Waals surface area contributed by atoms with Crippen molar-refractivity contribution < 1.29 is 23.8 Å². The smallest absolute Gasteiger partial charge is 0.411 e. The number of benzene rings is 2. The van der Waals surface area contributed by atoms with Gasteiger partial charge < -0.3 is 24.1 Å². The van der Waals surface area contributed by atoms with Crippen LogP contribution in [0.4, 0.5) is 10.5 Å². The zero-order valence-electron chi connectivity index (χ0n) is 17.4. The van der Waals surface area contributed by atoms with Crippen LogP contribution in [0, 0.1) is 0 Å².